The number of hydrogen-bond donors (Lipinski definition) is 3. The molecule has 3 N–H and O–H groups in total. The molecule has 1 aliphatic heterocycles. The third-order valence-corrected chi connectivity index (χ3v) is 17.2. The molecule has 2 saturated carbocycles. The number of allylic oxidation sites excluding steroid dienone is 4. The number of ketones is 1. The van der Waals surface area contributed by atoms with Crippen molar-refractivity contribution >= 4 is 47.7 Å². The van der Waals surface area contributed by atoms with Gasteiger partial charge in [0.05, 0.1) is 29.6 Å². The molecule has 18 heteroatoms. The molecule has 4 aliphatic rings. The summed E-state index contributed by atoms with van der Waals surface area (Å²) in [5.74, 6) is -8.26. The van der Waals surface area contributed by atoms with Gasteiger partial charge in [0, 0.05) is 44.1 Å². The van der Waals surface area contributed by atoms with Crippen LogP contribution < -0.4 is 5.32 Å². The number of fused-ring (bicyclic) bond motifs is 5. The summed E-state index contributed by atoms with van der Waals surface area (Å²) in [6.07, 6.45) is 6.18. The summed E-state index contributed by atoms with van der Waals surface area (Å²) in [6.45, 7) is 9.96. The molecule has 0 radical (unpaired) electrons. The van der Waals surface area contributed by atoms with Crippen LogP contribution in [0.4, 0.5) is 4.79 Å². The number of ether oxygens (including phenoxy) is 7. The number of aliphatic hydroxyl groups excluding tert-OH is 1. The first kappa shape index (κ1) is 64.3. The maximum absolute atomic E-state index is 15.8. The van der Waals surface area contributed by atoms with Crippen molar-refractivity contribution in [3.8, 4) is 0 Å². The Hall–Kier alpha value is -7.28. The Morgan fingerprint density at radius 2 is 1.35 bits per heavy atom. The molecule has 11 atom stereocenters. The van der Waals surface area contributed by atoms with Gasteiger partial charge in [-0.15, -0.1) is 0 Å². The summed E-state index contributed by atoms with van der Waals surface area (Å²) < 4.78 is 41.9. The van der Waals surface area contributed by atoms with Gasteiger partial charge >= 0.3 is 36.0 Å². The zero-order valence-electron chi connectivity index (χ0n) is 49.2. The average Bonchev–Trinajstić information content (AvgIpc) is 0.682. The normalized spacial score (nSPS) is 26.7. The van der Waals surface area contributed by atoms with Gasteiger partial charge in [-0.2, -0.15) is 0 Å². The second kappa shape index (κ2) is 28.5. The molecule has 0 unspecified atom stereocenters. The molecule has 84 heavy (non-hydrogen) atoms. The van der Waals surface area contributed by atoms with Crippen LogP contribution in [0.3, 0.4) is 0 Å². The number of Topliss-reactive ketones (excluding diaryl/α,β-unsaturated/α-hetero) is 1. The Morgan fingerprint density at radius 1 is 0.750 bits per heavy atom. The van der Waals surface area contributed by atoms with Gasteiger partial charge in [0.15, 0.2) is 17.5 Å². The minimum absolute atomic E-state index is 0.0256. The zero-order chi connectivity index (χ0) is 60.8. The van der Waals surface area contributed by atoms with E-state index in [0.717, 1.165) is 52.4 Å². The number of amides is 1. The first-order valence-corrected chi connectivity index (χ1v) is 29.3. The van der Waals surface area contributed by atoms with Crippen LogP contribution in [-0.2, 0) is 57.1 Å². The highest BCUT2D eigenvalue weighted by Crippen LogP contribution is 2.64. The number of rotatable bonds is 25. The van der Waals surface area contributed by atoms with Gasteiger partial charge in [0.1, 0.15) is 30.0 Å². The van der Waals surface area contributed by atoms with Crippen molar-refractivity contribution in [2.45, 2.75) is 192 Å². The van der Waals surface area contributed by atoms with Crippen LogP contribution in [0.25, 0.3) is 0 Å². The van der Waals surface area contributed by atoms with E-state index in [9.17, 15) is 39.0 Å². The Balaban J connectivity index is 1.22. The highest BCUT2D eigenvalue weighted by atomic mass is 16.8. The van der Waals surface area contributed by atoms with E-state index in [2.05, 4.69) is 36.5 Å². The molecule has 452 valence electrons. The number of aliphatic hydroxyl groups is 2. The monoisotopic (exact) mass is 1160 g/mol. The van der Waals surface area contributed by atoms with E-state index < -0.39 is 125 Å². The summed E-state index contributed by atoms with van der Waals surface area (Å²) in [6, 6.07) is 22.3. The largest absolute Gasteiger partial charge is 0.517 e. The van der Waals surface area contributed by atoms with Crippen LogP contribution in [0.2, 0.25) is 0 Å². The van der Waals surface area contributed by atoms with Gasteiger partial charge in [0.25, 0.3) is 5.91 Å². The van der Waals surface area contributed by atoms with Crippen molar-refractivity contribution in [3.63, 3.8) is 0 Å². The summed E-state index contributed by atoms with van der Waals surface area (Å²) in [5, 5.41) is 29.1. The Morgan fingerprint density at radius 3 is 1.94 bits per heavy atom. The lowest BCUT2D eigenvalue weighted by molar-refractivity contribution is -0.346. The molecule has 18 nitrogen and oxygen atoms in total. The van der Waals surface area contributed by atoms with Crippen molar-refractivity contribution < 1.29 is 81.7 Å². The predicted molar refractivity (Wildman–Crippen MR) is 307 cm³/mol. The maximum atomic E-state index is 15.8. The van der Waals surface area contributed by atoms with E-state index in [1.54, 1.807) is 66.7 Å². The van der Waals surface area contributed by atoms with Crippen molar-refractivity contribution in [1.29, 1.82) is 0 Å². The first-order valence-electron chi connectivity index (χ1n) is 29.3. The average molecular weight is 1160 g/mol. The molecule has 2 bridgehead atoms. The molecule has 3 aromatic rings. The van der Waals surface area contributed by atoms with Gasteiger partial charge in [-0.3, -0.25) is 24.0 Å². The van der Waals surface area contributed by atoms with Crippen molar-refractivity contribution in [2.24, 2.45) is 16.7 Å². The quantitative estimate of drug-likeness (QED) is 0.0234. The summed E-state index contributed by atoms with van der Waals surface area (Å²) >= 11 is 0. The molecule has 3 fully saturated rings. The smallest absolute Gasteiger partial charge is 0.455 e. The second-order valence-corrected chi connectivity index (χ2v) is 23.2. The number of carbonyl (C=O) groups excluding carboxylic acids is 8. The first-order chi connectivity index (χ1) is 40.1. The predicted octanol–water partition coefficient (Wildman–Crippen LogP) is 10.2. The number of esters is 5. The maximum Gasteiger partial charge on any atom is 0.517 e. The molecule has 7 rings (SSSR count). The number of hydrogen-bond acceptors (Lipinski definition) is 17. The highest BCUT2D eigenvalue weighted by Gasteiger charge is 2.78. The molecule has 1 saturated heterocycles. The summed E-state index contributed by atoms with van der Waals surface area (Å²) in [7, 11) is 0. The van der Waals surface area contributed by atoms with E-state index in [1.807, 2.05) is 0 Å². The molecule has 3 aliphatic carbocycles. The van der Waals surface area contributed by atoms with Crippen LogP contribution in [0.15, 0.2) is 126 Å². The van der Waals surface area contributed by atoms with E-state index in [-0.39, 0.29) is 47.3 Å². The van der Waals surface area contributed by atoms with Gasteiger partial charge in [-0.05, 0) is 93.3 Å². The lowest BCUT2D eigenvalue weighted by Gasteiger charge is -2.67. The van der Waals surface area contributed by atoms with Gasteiger partial charge in [-0.25, -0.2) is 14.4 Å². The fourth-order valence-corrected chi connectivity index (χ4v) is 12.6. The molecule has 0 aromatic heterocycles. The second-order valence-electron chi connectivity index (χ2n) is 23.2. The van der Waals surface area contributed by atoms with E-state index >= 15 is 9.59 Å². The third kappa shape index (κ3) is 14.3. The third-order valence-electron chi connectivity index (χ3n) is 17.2. The van der Waals surface area contributed by atoms with E-state index in [0.29, 0.717) is 12.8 Å². The van der Waals surface area contributed by atoms with Gasteiger partial charge in [-0.1, -0.05) is 144 Å². The number of unbranched alkanes of at least 4 members (excludes halogenated alkanes) is 8. The van der Waals surface area contributed by atoms with Crippen molar-refractivity contribution in [3.05, 3.63) is 143 Å². The Kier molecular flexibility index (Phi) is 21.8. The van der Waals surface area contributed by atoms with Gasteiger partial charge < -0.3 is 48.7 Å². The minimum atomic E-state index is -2.52. The summed E-state index contributed by atoms with van der Waals surface area (Å²) in [5.41, 5.74) is -7.84. The topological polar surface area (TPSA) is 254 Å². The highest BCUT2D eigenvalue weighted by molar-refractivity contribution is 5.96. The van der Waals surface area contributed by atoms with Gasteiger partial charge in [0.2, 0.25) is 6.10 Å². The Bertz CT molecular complexity index is 2920. The molecule has 1 heterocycles. The lowest BCUT2D eigenvalue weighted by atomic mass is 9.44. The van der Waals surface area contributed by atoms with E-state index in [4.69, 9.17) is 33.2 Å². The molecule has 1 amide bonds. The standard InChI is InChI=1S/C66H81NO17/c1-8-9-10-11-12-13-14-15-16-17-18-19-20-21-31-38-51(71)81-62(76)82-55(53(45-32-25-22-26-33-45)67-59(73)46-34-27-23-28-35-46)61(75)80-48-40-66(77)58(83-60(74)47-36-29-24-30-37-47)56-64(7,49(70)39-50-65(56,41-78-50)84-44(4)69)57(72)54(79-43(3)68)52(42(48)2)63(66,5)6/h12-13,15-16,22-30,32-37,48-50,53-56,58,70,77H,8-11,14,17-21,31,38-41H2,1-7H3,(H,67,73)/b13-12-,16-15-/t48-,49-,50+,53-,54+,55+,56-,58-,64+,65-,66+/m0/s1. The van der Waals surface area contributed by atoms with E-state index in [1.165, 1.54) is 71.2 Å². The molecule has 3 aromatic carbocycles. The molecular formula is C66H81NO17. The molecular weight excluding hydrogens is 1080 g/mol. The van der Waals surface area contributed by atoms with Crippen LogP contribution in [-0.4, -0.2) is 112 Å². The fraction of sp³-hybridized carbons (Fsp3) is 0.515. The summed E-state index contributed by atoms with van der Waals surface area (Å²) in [4.78, 5) is 114. The van der Waals surface area contributed by atoms with Crippen LogP contribution in [0.1, 0.15) is 171 Å². The van der Waals surface area contributed by atoms with Crippen LogP contribution >= 0.6 is 0 Å². The van der Waals surface area contributed by atoms with Crippen molar-refractivity contribution in [2.75, 3.05) is 6.61 Å². The number of nitrogens with one attached hydrogen (secondary N) is 1. The lowest BCUT2D eigenvalue weighted by Crippen LogP contribution is -2.82. The Labute approximate surface area is 491 Å². The number of benzene rings is 3. The minimum Gasteiger partial charge on any atom is -0.455 e. The van der Waals surface area contributed by atoms with Crippen LogP contribution in [0.5, 0.6) is 0 Å². The SMILES string of the molecule is CCCCC/C=C\C/C=C\CCCCCCCC(=O)OC(=O)O[C@@H](C(=O)O[C@H]1C[C@@]2(O)[C@@H](OC(=O)c3ccccc3)[C@@H]3[C@]4(OC(C)=O)CO[C@@H]4C[C@H](O)[C@@]3(C)C(=O)[C@H](OC(C)=O)C(=C1C)C2(C)C)[C@@H](NC(=O)c1ccccc1)c1ccccc1. The number of carbonyl (C=O) groups is 8. The van der Waals surface area contributed by atoms with Crippen LogP contribution in [0, 0.1) is 16.7 Å². The fourth-order valence-electron chi connectivity index (χ4n) is 12.6. The van der Waals surface area contributed by atoms with Crippen molar-refractivity contribution in [1.82, 2.24) is 5.32 Å². The zero-order valence-corrected chi connectivity index (χ0v) is 49.2. The molecule has 0 spiro atoms.